The zero-order valence-corrected chi connectivity index (χ0v) is 18.4. The second-order valence-electron chi connectivity index (χ2n) is 7.29. The summed E-state index contributed by atoms with van der Waals surface area (Å²) in [5, 5.41) is 3.32. The van der Waals surface area contributed by atoms with Crippen molar-refractivity contribution < 1.29 is 26.8 Å². The summed E-state index contributed by atoms with van der Waals surface area (Å²) >= 11 is 1.39. The van der Waals surface area contributed by atoms with Crippen LogP contribution < -0.4 is 23.5 Å². The molecule has 0 spiro atoms. The molecule has 6 nitrogen and oxygen atoms in total. The molecule has 1 aliphatic rings. The van der Waals surface area contributed by atoms with Crippen LogP contribution in [0.4, 0.5) is 5.00 Å². The molecule has 1 aliphatic heterocycles. The van der Waals surface area contributed by atoms with Crippen molar-refractivity contribution >= 4 is 33.9 Å². The number of rotatable bonds is 5. The van der Waals surface area contributed by atoms with Gasteiger partial charge in [-0.2, -0.15) is 0 Å². The van der Waals surface area contributed by atoms with Crippen molar-refractivity contribution in [3.63, 3.8) is 0 Å². The molecule has 0 atom stereocenters. The standard InChI is InChI=1S/C23H21N3O3S.ClH/c1-26-12-11-17-18(13-26)30-23(19(17)21(24)28)25-22(29)16-9-7-15(8-10-16)20(27)14-5-3-2-4-6-14;/h2-10H,11-13H2,1H3,(H2,24,28)(H,25,29);1H/p-1. The summed E-state index contributed by atoms with van der Waals surface area (Å²) in [5.41, 5.74) is 8.45. The molecule has 8 heteroatoms. The number of thiophene rings is 1. The van der Waals surface area contributed by atoms with E-state index in [4.69, 9.17) is 5.73 Å². The lowest BCUT2D eigenvalue weighted by molar-refractivity contribution is -0.0000288. The lowest BCUT2D eigenvalue weighted by atomic mass is 10.0. The fraction of sp³-hybridized carbons (Fsp3) is 0.174. The molecular formula is C23H21ClN3O3S-. The number of benzene rings is 2. The summed E-state index contributed by atoms with van der Waals surface area (Å²) in [4.78, 5) is 40.5. The Kier molecular flexibility index (Phi) is 6.90. The number of anilines is 1. The maximum absolute atomic E-state index is 12.8. The number of nitrogens with one attached hydrogen (secondary N) is 1. The van der Waals surface area contributed by atoms with E-state index in [1.165, 1.54) is 11.3 Å². The van der Waals surface area contributed by atoms with E-state index in [-0.39, 0.29) is 24.1 Å². The minimum atomic E-state index is -0.531. The Morgan fingerprint density at radius 3 is 2.23 bits per heavy atom. The number of primary amides is 1. The van der Waals surface area contributed by atoms with Gasteiger partial charge in [0.15, 0.2) is 5.78 Å². The molecule has 0 unspecified atom stereocenters. The van der Waals surface area contributed by atoms with Crippen LogP contribution in [-0.4, -0.2) is 36.1 Å². The second-order valence-corrected chi connectivity index (χ2v) is 8.39. The van der Waals surface area contributed by atoms with E-state index in [1.54, 1.807) is 36.4 Å². The molecule has 31 heavy (non-hydrogen) atoms. The third kappa shape index (κ3) is 4.69. The van der Waals surface area contributed by atoms with Crippen molar-refractivity contribution in [3.05, 3.63) is 87.3 Å². The van der Waals surface area contributed by atoms with E-state index < -0.39 is 5.91 Å². The van der Waals surface area contributed by atoms with Crippen LogP contribution in [0.15, 0.2) is 54.6 Å². The predicted molar refractivity (Wildman–Crippen MR) is 117 cm³/mol. The Morgan fingerprint density at radius 1 is 0.968 bits per heavy atom. The fourth-order valence-corrected chi connectivity index (χ4v) is 4.91. The van der Waals surface area contributed by atoms with Gasteiger partial charge in [0.1, 0.15) is 5.00 Å². The average molecular weight is 455 g/mol. The normalized spacial score (nSPS) is 13.1. The molecule has 2 heterocycles. The van der Waals surface area contributed by atoms with Gasteiger partial charge in [0.05, 0.1) is 5.56 Å². The third-order valence-corrected chi connectivity index (χ3v) is 6.30. The summed E-state index contributed by atoms with van der Waals surface area (Å²) in [5.74, 6) is -0.979. The summed E-state index contributed by atoms with van der Waals surface area (Å²) < 4.78 is 0. The second kappa shape index (κ2) is 9.43. The highest BCUT2D eigenvalue weighted by atomic mass is 35.5. The minimum absolute atomic E-state index is 0. The average Bonchev–Trinajstić information content (AvgIpc) is 3.11. The number of halogens is 1. The van der Waals surface area contributed by atoms with Gasteiger partial charge in [-0.3, -0.25) is 14.4 Å². The number of hydrogen-bond acceptors (Lipinski definition) is 5. The van der Waals surface area contributed by atoms with Crippen molar-refractivity contribution in [1.82, 2.24) is 4.90 Å². The van der Waals surface area contributed by atoms with Gasteiger partial charge in [-0.25, -0.2) is 0 Å². The molecule has 0 fully saturated rings. The molecule has 0 saturated carbocycles. The third-order valence-electron chi connectivity index (χ3n) is 5.17. The van der Waals surface area contributed by atoms with Gasteiger partial charge in [-0.1, -0.05) is 42.5 Å². The maximum atomic E-state index is 12.8. The number of carbonyl (C=O) groups is 3. The van der Waals surface area contributed by atoms with E-state index in [0.717, 1.165) is 30.0 Å². The monoisotopic (exact) mass is 454 g/mol. The van der Waals surface area contributed by atoms with E-state index in [9.17, 15) is 14.4 Å². The maximum Gasteiger partial charge on any atom is 0.256 e. The number of fused-ring (bicyclic) bond motifs is 1. The van der Waals surface area contributed by atoms with E-state index in [2.05, 4.69) is 10.2 Å². The Morgan fingerprint density at radius 2 is 1.58 bits per heavy atom. The van der Waals surface area contributed by atoms with Crippen LogP contribution in [0.25, 0.3) is 0 Å². The zero-order chi connectivity index (χ0) is 21.3. The van der Waals surface area contributed by atoms with Gasteiger partial charge in [0.25, 0.3) is 11.8 Å². The lowest BCUT2D eigenvalue weighted by Crippen LogP contribution is -3.00. The summed E-state index contributed by atoms with van der Waals surface area (Å²) in [6.07, 6.45) is 0.729. The molecule has 160 valence electrons. The SMILES string of the molecule is CN1CCc2c(sc(NC(=O)c3ccc(C(=O)c4ccccc4)cc3)c2C(N)=O)C1.[Cl-]. The molecule has 1 aromatic heterocycles. The number of hydrogen-bond donors (Lipinski definition) is 2. The van der Waals surface area contributed by atoms with Crippen molar-refractivity contribution in [2.75, 3.05) is 18.9 Å². The summed E-state index contributed by atoms with van der Waals surface area (Å²) in [6.45, 7) is 1.57. The van der Waals surface area contributed by atoms with Gasteiger partial charge in [0, 0.05) is 34.7 Å². The first-order valence-corrected chi connectivity index (χ1v) is 10.4. The molecular weight excluding hydrogens is 434 g/mol. The number of nitrogens with zero attached hydrogens (tertiary/aromatic N) is 1. The highest BCUT2D eigenvalue weighted by molar-refractivity contribution is 7.17. The predicted octanol–water partition coefficient (Wildman–Crippen LogP) is 0.322. The Bertz CT molecular complexity index is 1130. The highest BCUT2D eigenvalue weighted by Gasteiger charge is 2.26. The van der Waals surface area contributed by atoms with Crippen LogP contribution in [0.3, 0.4) is 0 Å². The van der Waals surface area contributed by atoms with Crippen LogP contribution in [0.5, 0.6) is 0 Å². The van der Waals surface area contributed by atoms with E-state index in [0.29, 0.717) is 27.3 Å². The van der Waals surface area contributed by atoms with Gasteiger partial charge in [-0.15, -0.1) is 11.3 Å². The number of amides is 2. The number of nitrogens with two attached hydrogens (primary N) is 1. The largest absolute Gasteiger partial charge is 1.00 e. The minimum Gasteiger partial charge on any atom is -1.00 e. The first kappa shape index (κ1) is 22.7. The van der Waals surface area contributed by atoms with Crippen molar-refractivity contribution in [3.8, 4) is 0 Å². The topological polar surface area (TPSA) is 92.5 Å². The molecule has 3 N–H and O–H groups in total. The molecule has 0 radical (unpaired) electrons. The van der Waals surface area contributed by atoms with Crippen LogP contribution in [0.2, 0.25) is 0 Å². The quantitative estimate of drug-likeness (QED) is 0.543. The van der Waals surface area contributed by atoms with Gasteiger partial charge >= 0.3 is 0 Å². The Hall–Kier alpha value is -3.00. The summed E-state index contributed by atoms with van der Waals surface area (Å²) in [7, 11) is 2.02. The van der Waals surface area contributed by atoms with E-state index in [1.807, 2.05) is 25.2 Å². The van der Waals surface area contributed by atoms with Crippen molar-refractivity contribution in [1.29, 1.82) is 0 Å². The lowest BCUT2D eigenvalue weighted by Gasteiger charge is -2.22. The first-order valence-electron chi connectivity index (χ1n) is 9.58. The number of carbonyl (C=O) groups excluding carboxylic acids is 3. The van der Waals surface area contributed by atoms with Crippen LogP contribution in [-0.2, 0) is 13.0 Å². The van der Waals surface area contributed by atoms with Crippen LogP contribution in [0.1, 0.15) is 47.1 Å². The molecule has 2 aromatic carbocycles. The van der Waals surface area contributed by atoms with Crippen LogP contribution in [0, 0.1) is 0 Å². The van der Waals surface area contributed by atoms with E-state index >= 15 is 0 Å². The zero-order valence-electron chi connectivity index (χ0n) is 16.9. The van der Waals surface area contributed by atoms with Crippen molar-refractivity contribution in [2.45, 2.75) is 13.0 Å². The highest BCUT2D eigenvalue weighted by Crippen LogP contribution is 2.36. The van der Waals surface area contributed by atoms with Gasteiger partial charge in [0.2, 0.25) is 0 Å². The molecule has 0 bridgehead atoms. The number of ketones is 1. The molecule has 0 aliphatic carbocycles. The van der Waals surface area contributed by atoms with Gasteiger partial charge in [-0.05, 0) is 31.2 Å². The van der Waals surface area contributed by atoms with Gasteiger partial charge < -0.3 is 28.4 Å². The molecule has 0 saturated heterocycles. The Balaban J connectivity index is 0.00000272. The fourth-order valence-electron chi connectivity index (χ4n) is 3.58. The molecule has 2 amide bonds. The molecule has 4 rings (SSSR count). The summed E-state index contributed by atoms with van der Waals surface area (Å²) in [6, 6.07) is 15.5. The van der Waals surface area contributed by atoms with Crippen molar-refractivity contribution in [2.24, 2.45) is 5.73 Å². The number of likely N-dealkylation sites (N-methyl/N-ethyl adjacent to an activating group) is 1. The Labute approximate surface area is 190 Å². The smallest absolute Gasteiger partial charge is 0.256 e. The van der Waals surface area contributed by atoms with Crippen LogP contribution >= 0.6 is 11.3 Å². The molecule has 3 aromatic rings. The first-order chi connectivity index (χ1) is 14.4.